The molecule has 0 radical (unpaired) electrons. The maximum Gasteiger partial charge on any atom is 0.255 e. The zero-order valence-corrected chi connectivity index (χ0v) is 16.9. The van der Waals surface area contributed by atoms with Gasteiger partial charge in [-0.2, -0.15) is 5.10 Å². The number of aryl methyl sites for hydroxylation is 2. The van der Waals surface area contributed by atoms with E-state index < -0.39 is 11.8 Å². The van der Waals surface area contributed by atoms with Gasteiger partial charge in [-0.05, 0) is 33.3 Å². The van der Waals surface area contributed by atoms with E-state index in [9.17, 15) is 9.59 Å². The van der Waals surface area contributed by atoms with E-state index in [1.54, 1.807) is 18.9 Å². The minimum atomic E-state index is -0.496. The summed E-state index contributed by atoms with van der Waals surface area (Å²) in [6.07, 6.45) is 0.875. The van der Waals surface area contributed by atoms with Crippen molar-refractivity contribution in [3.8, 4) is 0 Å². The Balaban J connectivity index is 1.81. The number of hydrogen-bond donors (Lipinski definition) is 2. The second-order valence-electron chi connectivity index (χ2n) is 7.39. The van der Waals surface area contributed by atoms with Crippen molar-refractivity contribution in [1.29, 1.82) is 0 Å². The van der Waals surface area contributed by atoms with Crippen LogP contribution in [0.1, 0.15) is 45.7 Å². The lowest BCUT2D eigenvalue weighted by atomic mass is 9.95. The van der Waals surface area contributed by atoms with Crippen molar-refractivity contribution >= 4 is 11.8 Å². The summed E-state index contributed by atoms with van der Waals surface area (Å²) in [7, 11) is 1.68. The monoisotopic (exact) mass is 388 g/mol. The first-order chi connectivity index (χ1) is 13.3. The van der Waals surface area contributed by atoms with E-state index in [1.165, 1.54) is 0 Å². The van der Waals surface area contributed by atoms with Gasteiger partial charge in [0.25, 0.3) is 5.91 Å². The largest absolute Gasteiger partial charge is 0.385 e. The second kappa shape index (κ2) is 8.14. The van der Waals surface area contributed by atoms with E-state index >= 15 is 0 Å². The summed E-state index contributed by atoms with van der Waals surface area (Å²) >= 11 is 0. The molecule has 0 saturated carbocycles. The third kappa shape index (κ3) is 3.80. The van der Waals surface area contributed by atoms with E-state index in [0.29, 0.717) is 30.4 Å². The molecular formula is C19H28N6O3. The standard InChI is InChI=1S/C19H28N6O3/c1-11-8-14(12(2)25(11)6-5-7-28-4)19(27)24-9-15(17(20)26)16(10-24)18-21-13(3)22-23-18/h8,15-16H,5-7,9-10H2,1-4H3,(H2,20,26)(H,21,22,23)/t15-,16-/m1/s1. The number of hydrogen-bond acceptors (Lipinski definition) is 5. The number of ether oxygens (including phenoxy) is 1. The van der Waals surface area contributed by atoms with Gasteiger partial charge in [0.1, 0.15) is 5.82 Å². The molecule has 9 nitrogen and oxygen atoms in total. The number of primary amides is 1. The van der Waals surface area contributed by atoms with Crippen molar-refractivity contribution in [2.24, 2.45) is 11.7 Å². The number of carbonyl (C=O) groups excluding carboxylic acids is 2. The normalized spacial score (nSPS) is 19.4. The molecule has 2 aromatic heterocycles. The number of amides is 2. The van der Waals surface area contributed by atoms with Crippen LogP contribution in [0.2, 0.25) is 0 Å². The molecule has 0 aliphatic carbocycles. The van der Waals surface area contributed by atoms with Gasteiger partial charge >= 0.3 is 0 Å². The van der Waals surface area contributed by atoms with Gasteiger partial charge in [0.2, 0.25) is 5.91 Å². The molecule has 2 amide bonds. The van der Waals surface area contributed by atoms with Crippen LogP contribution in [-0.4, -0.2) is 63.3 Å². The number of nitrogens with one attached hydrogen (secondary N) is 1. The molecule has 152 valence electrons. The van der Waals surface area contributed by atoms with Crippen LogP contribution in [0.25, 0.3) is 0 Å². The van der Waals surface area contributed by atoms with Gasteiger partial charge in [0.15, 0.2) is 5.82 Å². The molecule has 28 heavy (non-hydrogen) atoms. The molecule has 3 rings (SSSR count). The fraction of sp³-hybridized carbons (Fsp3) is 0.579. The number of H-pyrrole nitrogens is 1. The lowest BCUT2D eigenvalue weighted by molar-refractivity contribution is -0.121. The summed E-state index contributed by atoms with van der Waals surface area (Å²) in [4.78, 5) is 31.2. The molecule has 1 fully saturated rings. The summed E-state index contributed by atoms with van der Waals surface area (Å²) in [5.74, 6) is -0.120. The van der Waals surface area contributed by atoms with Gasteiger partial charge < -0.3 is 19.9 Å². The third-order valence-corrected chi connectivity index (χ3v) is 5.45. The number of likely N-dealkylation sites (tertiary alicyclic amines) is 1. The highest BCUT2D eigenvalue weighted by Crippen LogP contribution is 2.32. The van der Waals surface area contributed by atoms with Crippen molar-refractivity contribution < 1.29 is 14.3 Å². The SMILES string of the molecule is COCCCn1c(C)cc(C(=O)N2C[C@@H](C(N)=O)[C@H](c3n[nH]c(C)n3)C2)c1C. The highest BCUT2D eigenvalue weighted by molar-refractivity contribution is 5.96. The Bertz CT molecular complexity index is 871. The first-order valence-corrected chi connectivity index (χ1v) is 9.46. The van der Waals surface area contributed by atoms with E-state index in [2.05, 4.69) is 19.7 Å². The van der Waals surface area contributed by atoms with Crippen LogP contribution in [0.3, 0.4) is 0 Å². The molecule has 1 saturated heterocycles. The van der Waals surface area contributed by atoms with Gasteiger partial charge in [-0.3, -0.25) is 14.7 Å². The molecular weight excluding hydrogens is 360 g/mol. The molecule has 2 atom stereocenters. The van der Waals surface area contributed by atoms with Crippen LogP contribution in [0.15, 0.2) is 6.07 Å². The number of rotatable bonds is 7. The zero-order chi connectivity index (χ0) is 20.4. The Morgan fingerprint density at radius 1 is 1.32 bits per heavy atom. The van der Waals surface area contributed by atoms with Crippen molar-refractivity contribution in [2.45, 2.75) is 39.7 Å². The van der Waals surface area contributed by atoms with Gasteiger partial charge in [-0.1, -0.05) is 0 Å². The summed E-state index contributed by atoms with van der Waals surface area (Å²) in [5.41, 5.74) is 8.21. The van der Waals surface area contributed by atoms with Crippen LogP contribution in [0, 0.1) is 26.7 Å². The summed E-state index contributed by atoms with van der Waals surface area (Å²) in [6, 6.07) is 1.91. The Hall–Kier alpha value is -2.68. The average Bonchev–Trinajstić information content (AvgIpc) is 3.34. The van der Waals surface area contributed by atoms with E-state index in [4.69, 9.17) is 10.5 Å². The second-order valence-corrected chi connectivity index (χ2v) is 7.39. The van der Waals surface area contributed by atoms with Crippen molar-refractivity contribution in [3.05, 3.63) is 34.7 Å². The maximum atomic E-state index is 13.2. The minimum absolute atomic E-state index is 0.0906. The van der Waals surface area contributed by atoms with E-state index in [-0.39, 0.29) is 18.4 Å². The van der Waals surface area contributed by atoms with E-state index in [0.717, 1.165) is 24.4 Å². The number of aromatic amines is 1. The summed E-state index contributed by atoms with van der Waals surface area (Å²) in [6.45, 7) is 7.85. The zero-order valence-electron chi connectivity index (χ0n) is 16.9. The lowest BCUT2D eigenvalue weighted by Gasteiger charge is -2.16. The van der Waals surface area contributed by atoms with Gasteiger partial charge in [0, 0.05) is 44.7 Å². The van der Waals surface area contributed by atoms with Crippen LogP contribution in [0.4, 0.5) is 0 Å². The molecule has 0 aromatic carbocycles. The topological polar surface area (TPSA) is 119 Å². The van der Waals surface area contributed by atoms with E-state index in [1.807, 2.05) is 19.9 Å². The Kier molecular flexibility index (Phi) is 5.83. The van der Waals surface area contributed by atoms with Crippen LogP contribution in [0.5, 0.6) is 0 Å². The highest BCUT2D eigenvalue weighted by Gasteiger charge is 2.42. The fourth-order valence-corrected chi connectivity index (χ4v) is 3.94. The highest BCUT2D eigenvalue weighted by atomic mass is 16.5. The molecule has 1 aliphatic rings. The fourth-order valence-electron chi connectivity index (χ4n) is 3.94. The Morgan fingerprint density at radius 2 is 2.07 bits per heavy atom. The third-order valence-electron chi connectivity index (χ3n) is 5.45. The molecule has 1 aliphatic heterocycles. The van der Waals surface area contributed by atoms with Gasteiger partial charge in [0.05, 0.1) is 17.4 Å². The molecule has 0 unspecified atom stereocenters. The summed E-state index contributed by atoms with van der Waals surface area (Å²) < 4.78 is 7.25. The first-order valence-electron chi connectivity index (χ1n) is 9.46. The average molecular weight is 388 g/mol. The number of nitrogens with two attached hydrogens (primary N) is 1. The summed E-state index contributed by atoms with van der Waals surface area (Å²) in [5, 5.41) is 6.97. The minimum Gasteiger partial charge on any atom is -0.385 e. The quantitative estimate of drug-likeness (QED) is 0.683. The maximum absolute atomic E-state index is 13.2. The van der Waals surface area contributed by atoms with Crippen LogP contribution < -0.4 is 5.73 Å². The van der Waals surface area contributed by atoms with Crippen LogP contribution in [-0.2, 0) is 16.1 Å². The molecule has 0 spiro atoms. The van der Waals surface area contributed by atoms with Crippen molar-refractivity contribution in [2.75, 3.05) is 26.8 Å². The van der Waals surface area contributed by atoms with Crippen LogP contribution >= 0.6 is 0 Å². The number of aromatic nitrogens is 4. The predicted molar refractivity (Wildman–Crippen MR) is 103 cm³/mol. The lowest BCUT2D eigenvalue weighted by Crippen LogP contribution is -2.32. The smallest absolute Gasteiger partial charge is 0.255 e. The molecule has 3 N–H and O–H groups in total. The van der Waals surface area contributed by atoms with Crippen molar-refractivity contribution in [1.82, 2.24) is 24.6 Å². The predicted octanol–water partition coefficient (Wildman–Crippen LogP) is 0.909. The number of nitrogens with zero attached hydrogens (tertiary/aromatic N) is 4. The van der Waals surface area contributed by atoms with Crippen molar-refractivity contribution in [3.63, 3.8) is 0 Å². The number of carbonyl (C=O) groups is 2. The molecule has 0 bridgehead atoms. The van der Waals surface area contributed by atoms with Gasteiger partial charge in [-0.25, -0.2) is 4.98 Å². The van der Waals surface area contributed by atoms with Gasteiger partial charge in [-0.15, -0.1) is 0 Å². The Labute approximate surface area is 164 Å². The Morgan fingerprint density at radius 3 is 2.68 bits per heavy atom. The first kappa shape index (κ1) is 20.1. The molecule has 3 heterocycles. The number of methoxy groups -OCH3 is 1. The molecule has 2 aromatic rings. The molecule has 9 heteroatoms.